The number of hydrogen-bond acceptors (Lipinski definition) is 4. The normalized spacial score (nSPS) is 13.4. The number of carbonyl (C=O) groups is 1. The molecule has 0 aliphatic rings. The number of carbonyl (C=O) groups excluding carboxylic acids is 1. The maximum absolute atomic E-state index is 11.7. The fraction of sp³-hybridized carbons (Fsp3) is 0.636. The molecule has 1 atom stereocenters. The van der Waals surface area contributed by atoms with E-state index < -0.39 is 0 Å². The average molecular weight is 257 g/mol. The van der Waals surface area contributed by atoms with Crippen LogP contribution in [-0.2, 0) is 11.3 Å². The molecule has 0 bridgehead atoms. The molecule has 1 unspecified atom stereocenters. The maximum atomic E-state index is 11.7. The third-order valence-corrected chi connectivity index (χ3v) is 2.78. The van der Waals surface area contributed by atoms with Gasteiger partial charge in [0.05, 0.1) is 6.04 Å². The summed E-state index contributed by atoms with van der Waals surface area (Å²) < 4.78 is 0. The SMILES string of the molecule is CC(NCc1csc(=O)[nH]1)C(=O)NC(C)(C)C. The zero-order valence-corrected chi connectivity index (χ0v) is 11.4. The van der Waals surface area contributed by atoms with E-state index in [1.807, 2.05) is 20.8 Å². The Labute approximate surface area is 105 Å². The van der Waals surface area contributed by atoms with Gasteiger partial charge >= 0.3 is 4.87 Å². The quantitative estimate of drug-likeness (QED) is 0.748. The Morgan fingerprint density at radius 2 is 2.18 bits per heavy atom. The van der Waals surface area contributed by atoms with Crippen molar-refractivity contribution in [2.24, 2.45) is 0 Å². The van der Waals surface area contributed by atoms with Gasteiger partial charge in [-0.15, -0.1) is 0 Å². The first-order valence-electron chi connectivity index (χ1n) is 5.50. The van der Waals surface area contributed by atoms with Crippen molar-refractivity contribution in [2.45, 2.75) is 45.8 Å². The lowest BCUT2D eigenvalue weighted by atomic mass is 10.1. The van der Waals surface area contributed by atoms with Crippen molar-refractivity contribution >= 4 is 17.2 Å². The topological polar surface area (TPSA) is 74.0 Å². The van der Waals surface area contributed by atoms with Crippen molar-refractivity contribution in [3.05, 3.63) is 20.7 Å². The molecule has 0 fully saturated rings. The van der Waals surface area contributed by atoms with Crippen LogP contribution in [0.3, 0.4) is 0 Å². The van der Waals surface area contributed by atoms with Gasteiger partial charge in [0.25, 0.3) is 0 Å². The summed E-state index contributed by atoms with van der Waals surface area (Å²) in [5.41, 5.74) is 0.569. The average Bonchev–Trinajstić information content (AvgIpc) is 2.58. The molecular weight excluding hydrogens is 238 g/mol. The standard InChI is InChI=1S/C11H19N3O2S/c1-7(9(15)14-11(2,3)4)12-5-8-6-17-10(16)13-8/h6-7,12H,5H2,1-4H3,(H,13,16)(H,14,15). The van der Waals surface area contributed by atoms with E-state index >= 15 is 0 Å². The second-order valence-electron chi connectivity index (χ2n) is 5.02. The minimum atomic E-state index is -0.294. The van der Waals surface area contributed by atoms with Crippen LogP contribution in [0.15, 0.2) is 10.2 Å². The first-order chi connectivity index (χ1) is 7.78. The van der Waals surface area contributed by atoms with Crippen LogP contribution < -0.4 is 15.5 Å². The number of thiazole rings is 1. The molecule has 1 aromatic heterocycles. The van der Waals surface area contributed by atoms with Gasteiger partial charge in [0.15, 0.2) is 0 Å². The van der Waals surface area contributed by atoms with E-state index in [2.05, 4.69) is 15.6 Å². The predicted octanol–water partition coefficient (Wildman–Crippen LogP) is 0.829. The van der Waals surface area contributed by atoms with Crippen LogP contribution in [0.1, 0.15) is 33.4 Å². The second kappa shape index (κ2) is 5.46. The molecule has 1 aromatic rings. The molecule has 5 nitrogen and oxygen atoms in total. The third-order valence-electron chi connectivity index (χ3n) is 2.06. The van der Waals surface area contributed by atoms with Crippen LogP contribution in [0, 0.1) is 0 Å². The first kappa shape index (κ1) is 13.9. The Bertz CT molecular complexity index is 430. The molecule has 96 valence electrons. The predicted molar refractivity (Wildman–Crippen MR) is 69.1 cm³/mol. The van der Waals surface area contributed by atoms with E-state index in [0.717, 1.165) is 17.0 Å². The molecule has 0 spiro atoms. The highest BCUT2D eigenvalue weighted by molar-refractivity contribution is 7.07. The van der Waals surface area contributed by atoms with Gasteiger partial charge < -0.3 is 15.6 Å². The highest BCUT2D eigenvalue weighted by Crippen LogP contribution is 2.00. The summed E-state index contributed by atoms with van der Waals surface area (Å²) in [7, 11) is 0. The summed E-state index contributed by atoms with van der Waals surface area (Å²) in [4.78, 5) is 25.3. The molecule has 0 aliphatic heterocycles. The Hall–Kier alpha value is -1.14. The Kier molecular flexibility index (Phi) is 4.47. The molecule has 0 saturated carbocycles. The van der Waals surface area contributed by atoms with Crippen molar-refractivity contribution in [1.29, 1.82) is 0 Å². The number of amides is 1. The molecule has 6 heteroatoms. The number of aromatic nitrogens is 1. The first-order valence-corrected chi connectivity index (χ1v) is 6.38. The van der Waals surface area contributed by atoms with Crippen molar-refractivity contribution in [2.75, 3.05) is 0 Å². The highest BCUT2D eigenvalue weighted by atomic mass is 32.1. The summed E-state index contributed by atoms with van der Waals surface area (Å²) in [6.07, 6.45) is 0. The zero-order chi connectivity index (χ0) is 13.1. The largest absolute Gasteiger partial charge is 0.350 e. The van der Waals surface area contributed by atoms with Gasteiger partial charge in [0, 0.05) is 23.2 Å². The van der Waals surface area contributed by atoms with Crippen LogP contribution in [0.2, 0.25) is 0 Å². The third kappa shape index (κ3) is 5.14. The van der Waals surface area contributed by atoms with Gasteiger partial charge in [-0.3, -0.25) is 9.59 Å². The van der Waals surface area contributed by atoms with Gasteiger partial charge in [-0.1, -0.05) is 11.3 Å². The van der Waals surface area contributed by atoms with Crippen LogP contribution in [0.5, 0.6) is 0 Å². The molecule has 1 rings (SSSR count). The number of aromatic amines is 1. The van der Waals surface area contributed by atoms with Crippen molar-refractivity contribution in [3.63, 3.8) is 0 Å². The number of nitrogens with one attached hydrogen (secondary N) is 3. The number of rotatable bonds is 4. The van der Waals surface area contributed by atoms with Gasteiger partial charge in [0.1, 0.15) is 0 Å². The molecule has 1 amide bonds. The van der Waals surface area contributed by atoms with E-state index in [9.17, 15) is 9.59 Å². The number of hydrogen-bond donors (Lipinski definition) is 3. The van der Waals surface area contributed by atoms with Crippen molar-refractivity contribution in [1.82, 2.24) is 15.6 Å². The van der Waals surface area contributed by atoms with Crippen molar-refractivity contribution in [3.8, 4) is 0 Å². The molecule has 0 radical (unpaired) electrons. The van der Waals surface area contributed by atoms with Crippen LogP contribution in [0.4, 0.5) is 0 Å². The minimum Gasteiger partial charge on any atom is -0.350 e. The Balaban J connectivity index is 2.42. The summed E-state index contributed by atoms with van der Waals surface area (Å²) in [6.45, 7) is 8.10. The summed E-state index contributed by atoms with van der Waals surface area (Å²) in [6, 6.07) is -0.294. The van der Waals surface area contributed by atoms with Gasteiger partial charge in [-0.25, -0.2) is 0 Å². The lowest BCUT2D eigenvalue weighted by Crippen LogP contribution is -2.49. The molecule has 0 aliphatic carbocycles. The fourth-order valence-electron chi connectivity index (χ4n) is 1.23. The summed E-state index contributed by atoms with van der Waals surface area (Å²) in [5, 5.41) is 7.70. The van der Waals surface area contributed by atoms with Crippen molar-refractivity contribution < 1.29 is 4.79 Å². The smallest absolute Gasteiger partial charge is 0.304 e. The lowest BCUT2D eigenvalue weighted by molar-refractivity contribution is -0.124. The zero-order valence-electron chi connectivity index (χ0n) is 10.6. The lowest BCUT2D eigenvalue weighted by Gasteiger charge is -2.23. The minimum absolute atomic E-state index is 0.0462. The summed E-state index contributed by atoms with van der Waals surface area (Å²) >= 11 is 1.12. The molecule has 17 heavy (non-hydrogen) atoms. The highest BCUT2D eigenvalue weighted by Gasteiger charge is 2.18. The van der Waals surface area contributed by atoms with E-state index in [0.29, 0.717) is 6.54 Å². The molecule has 3 N–H and O–H groups in total. The summed E-state index contributed by atoms with van der Waals surface area (Å²) in [5.74, 6) is -0.0462. The van der Waals surface area contributed by atoms with E-state index in [-0.39, 0.29) is 22.4 Å². The van der Waals surface area contributed by atoms with Crippen LogP contribution in [0.25, 0.3) is 0 Å². The van der Waals surface area contributed by atoms with Gasteiger partial charge in [-0.2, -0.15) is 0 Å². The van der Waals surface area contributed by atoms with Gasteiger partial charge in [0.2, 0.25) is 5.91 Å². The molecule has 0 saturated heterocycles. The Morgan fingerprint density at radius 3 is 2.65 bits per heavy atom. The van der Waals surface area contributed by atoms with Crippen LogP contribution in [-0.4, -0.2) is 22.5 Å². The maximum Gasteiger partial charge on any atom is 0.304 e. The van der Waals surface area contributed by atoms with Gasteiger partial charge in [-0.05, 0) is 27.7 Å². The monoisotopic (exact) mass is 257 g/mol. The van der Waals surface area contributed by atoms with Crippen LogP contribution >= 0.6 is 11.3 Å². The van der Waals surface area contributed by atoms with E-state index in [4.69, 9.17) is 0 Å². The molecular formula is C11H19N3O2S. The molecule has 1 heterocycles. The van der Waals surface area contributed by atoms with E-state index in [1.165, 1.54) is 0 Å². The second-order valence-corrected chi connectivity index (χ2v) is 5.86. The van der Waals surface area contributed by atoms with E-state index in [1.54, 1.807) is 12.3 Å². The molecule has 0 aromatic carbocycles. The number of H-pyrrole nitrogens is 1. The fourth-order valence-corrected chi connectivity index (χ4v) is 1.82. The Morgan fingerprint density at radius 1 is 1.53 bits per heavy atom.